The van der Waals surface area contributed by atoms with Crippen molar-refractivity contribution >= 4 is 29.5 Å². The van der Waals surface area contributed by atoms with Crippen LogP contribution in [0.2, 0.25) is 0 Å². The van der Waals surface area contributed by atoms with Gasteiger partial charge in [0, 0.05) is 17.8 Å². The summed E-state index contributed by atoms with van der Waals surface area (Å²) in [5.74, 6) is 0.519. The van der Waals surface area contributed by atoms with Crippen LogP contribution in [0.4, 0.5) is 16.2 Å². The molecular formula is C18H19N5O6. The fraction of sp³-hybridized carbons (Fsp3) is 0.167. The molecule has 0 heterocycles. The van der Waals surface area contributed by atoms with Crippen molar-refractivity contribution in [1.82, 2.24) is 10.7 Å². The Hall–Kier alpha value is -4.15. The molecule has 0 bridgehead atoms. The van der Waals surface area contributed by atoms with Gasteiger partial charge in [-0.25, -0.2) is 10.2 Å². The maximum atomic E-state index is 11.8. The molecule has 0 saturated carbocycles. The van der Waals surface area contributed by atoms with Gasteiger partial charge in [0.15, 0.2) is 11.5 Å². The zero-order valence-corrected chi connectivity index (χ0v) is 15.7. The third-order valence-corrected chi connectivity index (χ3v) is 3.53. The minimum atomic E-state index is -0.690. The maximum absolute atomic E-state index is 11.8. The summed E-state index contributed by atoms with van der Waals surface area (Å²) in [5, 5.41) is 19.2. The highest BCUT2D eigenvalue weighted by molar-refractivity contribution is 5.92. The molecule has 0 fully saturated rings. The van der Waals surface area contributed by atoms with Crippen LogP contribution in [0.15, 0.2) is 47.6 Å². The lowest BCUT2D eigenvalue weighted by Crippen LogP contribution is -2.37. The third-order valence-electron chi connectivity index (χ3n) is 3.53. The number of hydrazone groups is 1. The minimum absolute atomic E-state index is 0.162. The number of nitrogens with zero attached hydrogens (tertiary/aromatic N) is 2. The van der Waals surface area contributed by atoms with E-state index in [-0.39, 0.29) is 17.9 Å². The lowest BCUT2D eigenvalue weighted by atomic mass is 10.2. The predicted molar refractivity (Wildman–Crippen MR) is 105 cm³/mol. The first-order chi connectivity index (χ1) is 13.9. The zero-order chi connectivity index (χ0) is 21.2. The molecule has 152 valence electrons. The molecule has 3 N–H and O–H groups in total. The second kappa shape index (κ2) is 10.3. The van der Waals surface area contributed by atoms with E-state index in [1.54, 1.807) is 18.2 Å². The summed E-state index contributed by atoms with van der Waals surface area (Å²) in [6.45, 7) is -0.343. The summed E-state index contributed by atoms with van der Waals surface area (Å²) in [4.78, 5) is 33.7. The van der Waals surface area contributed by atoms with Crippen LogP contribution in [0.5, 0.6) is 11.5 Å². The number of anilines is 1. The van der Waals surface area contributed by atoms with E-state index in [4.69, 9.17) is 9.47 Å². The van der Waals surface area contributed by atoms with Gasteiger partial charge in [0.2, 0.25) is 0 Å². The highest BCUT2D eigenvalue weighted by Gasteiger charge is 2.09. The summed E-state index contributed by atoms with van der Waals surface area (Å²) in [5.41, 5.74) is 3.00. The first-order valence-electron chi connectivity index (χ1n) is 8.26. The van der Waals surface area contributed by atoms with Crippen LogP contribution in [0.25, 0.3) is 0 Å². The molecular weight excluding hydrogens is 382 g/mol. The Morgan fingerprint density at radius 3 is 2.59 bits per heavy atom. The largest absolute Gasteiger partial charge is 0.493 e. The number of hydrogen-bond acceptors (Lipinski definition) is 7. The summed E-state index contributed by atoms with van der Waals surface area (Å²) >= 11 is 0. The van der Waals surface area contributed by atoms with Crippen LogP contribution in [-0.2, 0) is 4.79 Å². The third kappa shape index (κ3) is 6.50. The van der Waals surface area contributed by atoms with Crippen LogP contribution in [0.1, 0.15) is 5.56 Å². The second-order valence-electron chi connectivity index (χ2n) is 5.52. The Morgan fingerprint density at radius 2 is 1.90 bits per heavy atom. The van der Waals surface area contributed by atoms with Crippen molar-refractivity contribution in [1.29, 1.82) is 0 Å². The quantitative estimate of drug-likeness (QED) is 0.350. The molecule has 11 heteroatoms. The van der Waals surface area contributed by atoms with Crippen molar-refractivity contribution in [3.63, 3.8) is 0 Å². The summed E-state index contributed by atoms with van der Waals surface area (Å²) in [7, 11) is 3.03. The number of benzene rings is 2. The minimum Gasteiger partial charge on any atom is -0.493 e. The monoisotopic (exact) mass is 401 g/mol. The van der Waals surface area contributed by atoms with Gasteiger partial charge in [0.25, 0.3) is 11.6 Å². The number of amides is 3. The van der Waals surface area contributed by atoms with Crippen LogP contribution >= 0.6 is 0 Å². The number of methoxy groups -OCH3 is 2. The number of carbonyl (C=O) groups is 2. The average Bonchev–Trinajstić information content (AvgIpc) is 2.72. The molecule has 0 aromatic heterocycles. The fourth-order valence-corrected chi connectivity index (χ4v) is 2.18. The van der Waals surface area contributed by atoms with Crippen molar-refractivity contribution in [2.24, 2.45) is 5.10 Å². The summed E-state index contributed by atoms with van der Waals surface area (Å²) < 4.78 is 10.3. The number of nitro groups is 1. The number of nitro benzene ring substituents is 1. The number of rotatable bonds is 8. The van der Waals surface area contributed by atoms with Gasteiger partial charge in [0.05, 0.1) is 25.4 Å². The molecule has 29 heavy (non-hydrogen) atoms. The van der Waals surface area contributed by atoms with Crippen molar-refractivity contribution in [2.45, 2.75) is 0 Å². The molecule has 0 spiro atoms. The van der Waals surface area contributed by atoms with E-state index in [9.17, 15) is 19.7 Å². The van der Waals surface area contributed by atoms with Crippen LogP contribution in [0.3, 0.4) is 0 Å². The molecule has 0 aliphatic rings. The van der Waals surface area contributed by atoms with E-state index in [2.05, 4.69) is 21.2 Å². The Morgan fingerprint density at radius 1 is 1.14 bits per heavy atom. The molecule has 0 saturated heterocycles. The maximum Gasteiger partial charge on any atom is 0.319 e. The number of carbonyl (C=O) groups excluding carboxylic acids is 2. The Balaban J connectivity index is 1.81. The SMILES string of the molecule is COc1ccc(/C=N/NC(=O)CNC(=O)Nc2cccc([N+](=O)[O-])c2)cc1OC. The predicted octanol–water partition coefficient (Wildman–Crippen LogP) is 1.88. The second-order valence-corrected chi connectivity index (χ2v) is 5.52. The van der Waals surface area contributed by atoms with Gasteiger partial charge in [0.1, 0.15) is 6.54 Å². The first-order valence-corrected chi connectivity index (χ1v) is 8.26. The van der Waals surface area contributed by atoms with Crippen molar-refractivity contribution < 1.29 is 24.0 Å². The van der Waals surface area contributed by atoms with Gasteiger partial charge in [-0.05, 0) is 29.8 Å². The lowest BCUT2D eigenvalue weighted by Gasteiger charge is -2.08. The van der Waals surface area contributed by atoms with Gasteiger partial charge in [-0.1, -0.05) is 6.07 Å². The molecule has 2 aromatic carbocycles. The van der Waals surface area contributed by atoms with Crippen LogP contribution in [-0.4, -0.2) is 43.8 Å². The molecule has 0 aliphatic carbocycles. The number of nitrogens with one attached hydrogen (secondary N) is 3. The van der Waals surface area contributed by atoms with Gasteiger partial charge in [-0.3, -0.25) is 14.9 Å². The molecule has 0 radical (unpaired) electrons. The van der Waals surface area contributed by atoms with E-state index in [1.165, 1.54) is 44.7 Å². The smallest absolute Gasteiger partial charge is 0.319 e. The Labute approximate surface area is 165 Å². The average molecular weight is 401 g/mol. The van der Waals surface area contributed by atoms with E-state index in [0.29, 0.717) is 17.1 Å². The molecule has 0 aliphatic heterocycles. The highest BCUT2D eigenvalue weighted by atomic mass is 16.6. The van der Waals surface area contributed by atoms with Gasteiger partial charge in [-0.2, -0.15) is 5.10 Å². The Bertz CT molecular complexity index is 931. The molecule has 3 amide bonds. The van der Waals surface area contributed by atoms with Crippen molar-refractivity contribution in [3.8, 4) is 11.5 Å². The Kier molecular flexibility index (Phi) is 7.48. The van der Waals surface area contributed by atoms with E-state index < -0.39 is 16.9 Å². The van der Waals surface area contributed by atoms with Crippen LogP contribution in [0, 0.1) is 10.1 Å². The topological polar surface area (TPSA) is 144 Å². The fourth-order valence-electron chi connectivity index (χ4n) is 2.18. The van der Waals surface area contributed by atoms with Crippen molar-refractivity contribution in [2.75, 3.05) is 26.1 Å². The van der Waals surface area contributed by atoms with E-state index in [1.807, 2.05) is 0 Å². The normalized spacial score (nSPS) is 10.3. The van der Waals surface area contributed by atoms with Crippen molar-refractivity contribution in [3.05, 3.63) is 58.1 Å². The van der Waals surface area contributed by atoms with Crippen LogP contribution < -0.4 is 25.5 Å². The molecule has 0 atom stereocenters. The number of non-ortho nitro benzene ring substituents is 1. The van der Waals surface area contributed by atoms with Gasteiger partial charge >= 0.3 is 6.03 Å². The van der Waals surface area contributed by atoms with Gasteiger partial charge in [-0.15, -0.1) is 0 Å². The molecule has 2 rings (SSSR count). The number of urea groups is 1. The summed E-state index contributed by atoms with van der Waals surface area (Å²) in [6, 6.07) is 9.83. The van der Waals surface area contributed by atoms with E-state index >= 15 is 0 Å². The van der Waals surface area contributed by atoms with Gasteiger partial charge < -0.3 is 20.1 Å². The molecule has 2 aromatic rings. The number of hydrogen-bond donors (Lipinski definition) is 3. The molecule has 11 nitrogen and oxygen atoms in total. The first kappa shape index (κ1) is 21.2. The zero-order valence-electron chi connectivity index (χ0n) is 15.7. The van der Waals surface area contributed by atoms with E-state index in [0.717, 1.165) is 0 Å². The summed E-state index contributed by atoms with van der Waals surface area (Å²) in [6.07, 6.45) is 1.41. The lowest BCUT2D eigenvalue weighted by molar-refractivity contribution is -0.384. The molecule has 0 unspecified atom stereocenters. The standard InChI is InChI=1S/C18H19N5O6/c1-28-15-7-6-12(8-16(15)29-2)10-20-22-17(24)11-19-18(25)21-13-4-3-5-14(9-13)23(26)27/h3-10H,11H2,1-2H3,(H,22,24)(H2,19,21,25)/b20-10+. The number of ether oxygens (including phenoxy) is 2. The highest BCUT2D eigenvalue weighted by Crippen LogP contribution is 2.26.